The van der Waals surface area contributed by atoms with E-state index in [0.717, 1.165) is 31.9 Å². The third-order valence-electron chi connectivity index (χ3n) is 4.94. The van der Waals surface area contributed by atoms with Crippen molar-refractivity contribution < 1.29 is 4.74 Å². The van der Waals surface area contributed by atoms with Gasteiger partial charge in [0.2, 0.25) is 5.90 Å². The van der Waals surface area contributed by atoms with Gasteiger partial charge in [0.1, 0.15) is 6.61 Å². The molecule has 3 nitrogen and oxygen atoms in total. The monoisotopic (exact) mass is 282 g/mol. The maximum absolute atomic E-state index is 5.95. The summed E-state index contributed by atoms with van der Waals surface area (Å²) in [6, 6.07) is 10.8. The Labute approximate surface area is 126 Å². The number of hydrogen-bond donors (Lipinski definition) is 1. The highest BCUT2D eigenvalue weighted by Crippen LogP contribution is 2.39. The molecular weight excluding hydrogens is 260 g/mol. The molecule has 2 aliphatic heterocycles. The number of aliphatic imine (C=N–C) groups is 1. The maximum atomic E-state index is 5.95. The quantitative estimate of drug-likeness (QED) is 0.925. The van der Waals surface area contributed by atoms with E-state index in [4.69, 9.17) is 9.73 Å². The second-order valence-electron chi connectivity index (χ2n) is 6.36. The molecule has 1 aromatic carbocycles. The first-order valence-corrected chi connectivity index (χ1v) is 8.06. The number of rotatable bonds is 3. The summed E-state index contributed by atoms with van der Waals surface area (Å²) >= 11 is 0. The first-order valence-electron chi connectivity index (χ1n) is 8.06. The fraction of sp³-hybridized carbons (Fsp3) is 0.500. The number of nitrogens with one attached hydrogen (secondary N) is 1. The first-order chi connectivity index (χ1) is 10.4. The minimum Gasteiger partial charge on any atom is -0.475 e. The number of benzene rings is 1. The highest BCUT2D eigenvalue weighted by Gasteiger charge is 2.43. The minimum absolute atomic E-state index is 0.167. The number of hydrogen-bond acceptors (Lipinski definition) is 3. The van der Waals surface area contributed by atoms with Crippen LogP contribution in [0, 0.1) is 0 Å². The summed E-state index contributed by atoms with van der Waals surface area (Å²) in [4.78, 5) is 4.87. The van der Waals surface area contributed by atoms with Gasteiger partial charge in [-0.1, -0.05) is 36.4 Å². The van der Waals surface area contributed by atoms with Crippen LogP contribution in [0.2, 0.25) is 0 Å². The van der Waals surface area contributed by atoms with Crippen LogP contribution in [0.5, 0.6) is 0 Å². The van der Waals surface area contributed by atoms with Crippen molar-refractivity contribution in [3.8, 4) is 0 Å². The van der Waals surface area contributed by atoms with Gasteiger partial charge in [0, 0.05) is 11.1 Å². The highest BCUT2D eigenvalue weighted by atomic mass is 16.5. The summed E-state index contributed by atoms with van der Waals surface area (Å²) in [7, 11) is 0. The molecule has 4 rings (SSSR count). The molecule has 1 spiro atoms. The molecule has 0 bridgehead atoms. The Bertz CT molecular complexity index is 570. The Hall–Kier alpha value is -1.61. The van der Waals surface area contributed by atoms with Crippen molar-refractivity contribution in [2.75, 3.05) is 13.2 Å². The molecule has 1 saturated heterocycles. The molecule has 0 amide bonds. The van der Waals surface area contributed by atoms with Gasteiger partial charge in [0.05, 0.1) is 6.04 Å². The van der Waals surface area contributed by atoms with E-state index in [0.29, 0.717) is 0 Å². The van der Waals surface area contributed by atoms with Gasteiger partial charge in [0.25, 0.3) is 0 Å². The standard InChI is InChI=1S/C18H22N2O/c1-2-6-14(7-3-1)12-15-13-21-17(20-15)16-8-4-9-18(16)10-5-11-19-18/h1-3,6-8,15,19H,4-5,9-13H2/t15-,18-/m0/s1. The maximum Gasteiger partial charge on any atom is 0.213 e. The lowest BCUT2D eigenvalue weighted by Crippen LogP contribution is -2.41. The highest BCUT2D eigenvalue weighted by molar-refractivity contribution is 5.97. The van der Waals surface area contributed by atoms with Gasteiger partial charge in [-0.25, -0.2) is 4.99 Å². The van der Waals surface area contributed by atoms with Gasteiger partial charge in [-0.15, -0.1) is 0 Å². The second-order valence-corrected chi connectivity index (χ2v) is 6.36. The van der Waals surface area contributed by atoms with Gasteiger partial charge < -0.3 is 10.1 Å². The van der Waals surface area contributed by atoms with Gasteiger partial charge in [0.15, 0.2) is 0 Å². The molecule has 0 unspecified atom stereocenters. The zero-order chi connectivity index (χ0) is 14.1. The van der Waals surface area contributed by atoms with Gasteiger partial charge in [-0.3, -0.25) is 0 Å². The lowest BCUT2D eigenvalue weighted by atomic mass is 9.89. The fourth-order valence-corrected chi connectivity index (χ4v) is 3.89. The molecule has 0 aromatic heterocycles. The smallest absolute Gasteiger partial charge is 0.213 e. The lowest BCUT2D eigenvalue weighted by molar-refractivity contribution is 0.309. The van der Waals surface area contributed by atoms with Crippen LogP contribution in [0.1, 0.15) is 31.2 Å². The van der Waals surface area contributed by atoms with Crippen molar-refractivity contribution in [2.24, 2.45) is 4.99 Å². The fourth-order valence-electron chi connectivity index (χ4n) is 3.89. The van der Waals surface area contributed by atoms with Crippen LogP contribution in [0.25, 0.3) is 0 Å². The Balaban J connectivity index is 1.50. The zero-order valence-corrected chi connectivity index (χ0v) is 12.3. The summed E-state index contributed by atoms with van der Waals surface area (Å²) < 4.78 is 5.95. The normalized spacial score (nSPS) is 31.3. The van der Waals surface area contributed by atoms with Gasteiger partial charge >= 0.3 is 0 Å². The third-order valence-corrected chi connectivity index (χ3v) is 4.94. The Morgan fingerprint density at radius 3 is 2.95 bits per heavy atom. The Morgan fingerprint density at radius 2 is 2.14 bits per heavy atom. The molecule has 3 heteroatoms. The second kappa shape index (κ2) is 5.30. The van der Waals surface area contributed by atoms with Crippen LogP contribution in [0.4, 0.5) is 0 Å². The average molecular weight is 282 g/mol. The van der Waals surface area contributed by atoms with E-state index in [1.165, 1.54) is 30.4 Å². The predicted molar refractivity (Wildman–Crippen MR) is 84.6 cm³/mol. The van der Waals surface area contributed by atoms with Crippen LogP contribution in [-0.4, -0.2) is 30.6 Å². The van der Waals surface area contributed by atoms with E-state index in [1.54, 1.807) is 0 Å². The average Bonchev–Trinajstić information content (AvgIpc) is 3.23. The van der Waals surface area contributed by atoms with E-state index in [2.05, 4.69) is 41.7 Å². The van der Waals surface area contributed by atoms with Crippen LogP contribution in [0.3, 0.4) is 0 Å². The molecule has 1 N–H and O–H groups in total. The molecular formula is C18H22N2O. The van der Waals surface area contributed by atoms with Crippen molar-refractivity contribution in [2.45, 2.75) is 43.7 Å². The Kier molecular flexibility index (Phi) is 3.30. The first kappa shape index (κ1) is 13.1. The van der Waals surface area contributed by atoms with E-state index < -0.39 is 0 Å². The van der Waals surface area contributed by atoms with Crippen molar-refractivity contribution >= 4 is 5.90 Å². The van der Waals surface area contributed by atoms with E-state index >= 15 is 0 Å². The molecule has 2 atom stereocenters. The summed E-state index contributed by atoms with van der Waals surface area (Å²) in [6.07, 6.45) is 8.14. The molecule has 0 radical (unpaired) electrons. The predicted octanol–water partition coefficient (Wildman–Crippen LogP) is 2.87. The Morgan fingerprint density at radius 1 is 1.24 bits per heavy atom. The molecule has 21 heavy (non-hydrogen) atoms. The van der Waals surface area contributed by atoms with Crippen LogP contribution < -0.4 is 5.32 Å². The van der Waals surface area contributed by atoms with Crippen molar-refractivity contribution in [1.29, 1.82) is 0 Å². The number of allylic oxidation sites excluding steroid dienone is 1. The summed E-state index contributed by atoms with van der Waals surface area (Å²) in [5.41, 5.74) is 2.83. The molecule has 2 heterocycles. The van der Waals surface area contributed by atoms with Gasteiger partial charge in [-0.2, -0.15) is 0 Å². The van der Waals surface area contributed by atoms with Crippen molar-refractivity contribution in [3.05, 3.63) is 47.5 Å². The van der Waals surface area contributed by atoms with Crippen molar-refractivity contribution in [3.63, 3.8) is 0 Å². The summed E-state index contributed by atoms with van der Waals surface area (Å²) in [5, 5.41) is 3.69. The van der Waals surface area contributed by atoms with E-state index in [-0.39, 0.29) is 11.6 Å². The number of ether oxygens (including phenoxy) is 1. The molecule has 0 saturated carbocycles. The minimum atomic E-state index is 0.167. The molecule has 110 valence electrons. The van der Waals surface area contributed by atoms with E-state index in [1.807, 2.05) is 0 Å². The van der Waals surface area contributed by atoms with E-state index in [9.17, 15) is 0 Å². The topological polar surface area (TPSA) is 33.6 Å². The summed E-state index contributed by atoms with van der Waals surface area (Å²) in [5.74, 6) is 0.905. The molecule has 1 aromatic rings. The van der Waals surface area contributed by atoms with Crippen molar-refractivity contribution in [1.82, 2.24) is 5.32 Å². The largest absolute Gasteiger partial charge is 0.475 e. The molecule has 1 fully saturated rings. The van der Waals surface area contributed by atoms with Crippen LogP contribution in [-0.2, 0) is 11.2 Å². The SMILES string of the molecule is C1=C(C2=N[C@@H](Cc3ccccc3)CO2)[C@]2(CC1)CCCN2. The molecule has 3 aliphatic rings. The van der Waals surface area contributed by atoms with Crippen LogP contribution in [0.15, 0.2) is 47.0 Å². The lowest BCUT2D eigenvalue weighted by Gasteiger charge is -2.27. The zero-order valence-electron chi connectivity index (χ0n) is 12.3. The van der Waals surface area contributed by atoms with Gasteiger partial charge in [-0.05, 0) is 44.2 Å². The summed E-state index contributed by atoms with van der Waals surface area (Å²) in [6.45, 7) is 1.84. The van der Waals surface area contributed by atoms with Crippen LogP contribution >= 0.6 is 0 Å². The third kappa shape index (κ3) is 2.40. The molecule has 1 aliphatic carbocycles. The number of nitrogens with zero attached hydrogens (tertiary/aromatic N) is 1.